The standard InChI is InChI=1S/C37H41F3N6O2/c1-5-28(21-30(37(38,39)40)33(6-2)44-15-17-45(18-16-44)34(47)7-3)46-35-27(23-43-36(46)48)22-42-32-14-10-12-25(20-29(32)35)24(4)19-26-11-8-9-13-31(26)41/h6,8-9,11-13,19-22,32,41H,2,4-5,7,10,14-18,23H2,1,3H3,(H,43,48)/b26-19-,28-21+,33-30-,41-31?. The van der Waals surface area contributed by atoms with Crippen LogP contribution in [0.25, 0.3) is 0 Å². The Balaban J connectivity index is 1.56. The molecule has 0 bridgehead atoms. The van der Waals surface area contributed by atoms with Crippen molar-refractivity contribution in [2.24, 2.45) is 4.99 Å². The van der Waals surface area contributed by atoms with Gasteiger partial charge in [0.2, 0.25) is 5.91 Å². The van der Waals surface area contributed by atoms with Crippen LogP contribution < -0.4 is 5.32 Å². The second-order valence-electron chi connectivity index (χ2n) is 12.0. The molecule has 3 aliphatic heterocycles. The minimum Gasteiger partial charge on any atom is -0.368 e. The van der Waals surface area contributed by atoms with Crippen molar-refractivity contribution in [1.29, 1.82) is 5.41 Å². The predicted molar refractivity (Wildman–Crippen MR) is 183 cm³/mol. The highest BCUT2D eigenvalue weighted by Crippen LogP contribution is 2.40. The molecule has 0 spiro atoms. The molecule has 1 unspecified atom stereocenters. The number of halogens is 3. The van der Waals surface area contributed by atoms with Crippen LogP contribution in [0.15, 0.2) is 123 Å². The third-order valence-electron chi connectivity index (χ3n) is 8.99. The fraction of sp³-hybridized carbons (Fsp3) is 0.351. The van der Waals surface area contributed by atoms with Crippen LogP contribution in [0, 0.1) is 5.41 Å². The van der Waals surface area contributed by atoms with E-state index >= 15 is 0 Å². The Kier molecular flexibility index (Phi) is 10.4. The van der Waals surface area contributed by atoms with Gasteiger partial charge in [-0.2, -0.15) is 13.2 Å². The zero-order valence-electron chi connectivity index (χ0n) is 27.4. The SMILES string of the molecule is C=C/C(=C(\C=C(/CC)N1C(=O)NCC2=C1C1=CC(C(=C)/C=C3/C=CC=CC3=N)=CCCC1N=C2)C(F)(F)F)N1CCN(C(=O)CC)CC1. The second-order valence-corrected chi connectivity index (χ2v) is 12.0. The molecule has 48 heavy (non-hydrogen) atoms. The van der Waals surface area contributed by atoms with Crippen LogP contribution in [-0.4, -0.2) is 83.5 Å². The first-order valence-corrected chi connectivity index (χ1v) is 16.2. The summed E-state index contributed by atoms with van der Waals surface area (Å²) in [6.07, 6.45) is 14.0. The highest BCUT2D eigenvalue weighted by Gasteiger charge is 2.40. The molecular weight excluding hydrogens is 617 g/mol. The molecule has 0 radical (unpaired) electrons. The van der Waals surface area contributed by atoms with Gasteiger partial charge in [-0.15, -0.1) is 0 Å². The number of amides is 3. The van der Waals surface area contributed by atoms with Crippen LogP contribution in [0.1, 0.15) is 39.5 Å². The van der Waals surface area contributed by atoms with Gasteiger partial charge in [0.15, 0.2) is 0 Å². The minimum absolute atomic E-state index is 0.0361. The fourth-order valence-electron chi connectivity index (χ4n) is 6.45. The fourth-order valence-corrected chi connectivity index (χ4v) is 6.45. The largest absolute Gasteiger partial charge is 0.418 e. The van der Waals surface area contributed by atoms with Crippen molar-refractivity contribution in [2.75, 3.05) is 32.7 Å². The number of aliphatic imine (C=N–C) groups is 1. The van der Waals surface area contributed by atoms with Gasteiger partial charge in [-0.05, 0) is 66.4 Å². The molecule has 3 heterocycles. The molecule has 0 aromatic heterocycles. The number of allylic oxidation sites excluding steroid dienone is 14. The van der Waals surface area contributed by atoms with Crippen molar-refractivity contribution < 1.29 is 22.8 Å². The van der Waals surface area contributed by atoms with Gasteiger partial charge in [0.05, 0.1) is 23.0 Å². The van der Waals surface area contributed by atoms with Gasteiger partial charge >= 0.3 is 12.2 Å². The molecule has 11 heteroatoms. The Hall–Kier alpha value is -4.93. The second kappa shape index (κ2) is 14.5. The van der Waals surface area contributed by atoms with E-state index in [2.05, 4.69) is 18.5 Å². The summed E-state index contributed by atoms with van der Waals surface area (Å²) in [6.45, 7) is 12.7. The average Bonchev–Trinajstić information content (AvgIpc) is 3.30. The first-order valence-electron chi connectivity index (χ1n) is 16.2. The Labute approximate surface area is 279 Å². The number of nitrogens with zero attached hydrogens (tertiary/aromatic N) is 4. The Morgan fingerprint density at radius 2 is 1.83 bits per heavy atom. The summed E-state index contributed by atoms with van der Waals surface area (Å²) in [5, 5.41) is 11.1. The summed E-state index contributed by atoms with van der Waals surface area (Å²) in [7, 11) is 0. The van der Waals surface area contributed by atoms with Gasteiger partial charge in [-0.3, -0.25) is 14.7 Å². The van der Waals surface area contributed by atoms with E-state index in [-0.39, 0.29) is 49.4 Å². The number of urea groups is 1. The zero-order valence-corrected chi connectivity index (χ0v) is 27.4. The molecule has 3 amide bonds. The highest BCUT2D eigenvalue weighted by molar-refractivity contribution is 6.09. The van der Waals surface area contributed by atoms with Gasteiger partial charge in [-0.1, -0.05) is 51.3 Å². The number of hydrogen-bond donors (Lipinski definition) is 2. The third-order valence-corrected chi connectivity index (χ3v) is 8.99. The van der Waals surface area contributed by atoms with E-state index in [4.69, 9.17) is 10.4 Å². The van der Waals surface area contributed by atoms with E-state index < -0.39 is 17.8 Å². The Bertz CT molecular complexity index is 1690. The van der Waals surface area contributed by atoms with Crippen molar-refractivity contribution in [3.05, 3.63) is 118 Å². The van der Waals surface area contributed by atoms with Crippen molar-refractivity contribution in [2.45, 2.75) is 51.7 Å². The van der Waals surface area contributed by atoms with Gasteiger partial charge in [-0.25, -0.2) is 4.79 Å². The monoisotopic (exact) mass is 658 g/mol. The van der Waals surface area contributed by atoms with Crippen LogP contribution in [0.3, 0.4) is 0 Å². The van der Waals surface area contributed by atoms with E-state index in [0.717, 1.165) is 17.2 Å². The number of piperazine rings is 1. The molecule has 1 atom stereocenters. The number of nitrogens with one attached hydrogen (secondary N) is 2. The summed E-state index contributed by atoms with van der Waals surface area (Å²) < 4.78 is 44.7. The summed E-state index contributed by atoms with van der Waals surface area (Å²) >= 11 is 0. The number of rotatable bonds is 8. The third kappa shape index (κ3) is 7.14. The van der Waals surface area contributed by atoms with E-state index in [1.165, 1.54) is 11.0 Å². The predicted octanol–water partition coefficient (Wildman–Crippen LogP) is 6.84. The minimum atomic E-state index is -4.75. The van der Waals surface area contributed by atoms with E-state index in [1.807, 2.05) is 30.4 Å². The first-order chi connectivity index (χ1) is 23.0. The van der Waals surface area contributed by atoms with Crippen molar-refractivity contribution >= 4 is 23.9 Å². The normalized spacial score (nSPS) is 22.9. The number of hydrogen-bond acceptors (Lipinski definition) is 5. The lowest BCUT2D eigenvalue weighted by atomic mass is 9.91. The topological polar surface area (TPSA) is 92.1 Å². The molecule has 0 aromatic carbocycles. The van der Waals surface area contributed by atoms with E-state index in [1.54, 1.807) is 42.0 Å². The Morgan fingerprint density at radius 1 is 1.12 bits per heavy atom. The maximum Gasteiger partial charge on any atom is 0.418 e. The van der Waals surface area contributed by atoms with Gasteiger partial charge in [0.25, 0.3) is 0 Å². The summed E-state index contributed by atoms with van der Waals surface area (Å²) in [5.41, 5.74) is 3.69. The van der Waals surface area contributed by atoms with Crippen LogP contribution in [-0.2, 0) is 4.79 Å². The summed E-state index contributed by atoms with van der Waals surface area (Å²) in [5.74, 6) is -0.0361. The molecule has 1 fully saturated rings. The number of dihydropyridines is 1. The molecule has 8 nitrogen and oxygen atoms in total. The lowest BCUT2D eigenvalue weighted by molar-refractivity contribution is -0.132. The van der Waals surface area contributed by atoms with Crippen LogP contribution in [0.2, 0.25) is 0 Å². The molecule has 0 saturated carbocycles. The van der Waals surface area contributed by atoms with Crippen LogP contribution >= 0.6 is 0 Å². The number of carbonyl (C=O) groups excluding carboxylic acids is 2. The molecule has 2 N–H and O–H groups in total. The molecule has 252 valence electrons. The molecular formula is C37H41F3N6O2. The van der Waals surface area contributed by atoms with Gasteiger partial charge < -0.3 is 20.5 Å². The van der Waals surface area contributed by atoms with Gasteiger partial charge in [0.1, 0.15) is 0 Å². The number of carbonyl (C=O) groups is 2. The number of alkyl halides is 3. The molecule has 0 aromatic rings. The van der Waals surface area contributed by atoms with Crippen molar-refractivity contribution in [1.82, 2.24) is 20.0 Å². The Morgan fingerprint density at radius 3 is 2.48 bits per heavy atom. The number of fused-ring (bicyclic) bond motifs is 2. The van der Waals surface area contributed by atoms with Crippen molar-refractivity contribution in [3.8, 4) is 0 Å². The molecule has 2 aliphatic carbocycles. The maximum absolute atomic E-state index is 14.9. The highest BCUT2D eigenvalue weighted by atomic mass is 19.4. The lowest BCUT2D eigenvalue weighted by Gasteiger charge is -2.39. The van der Waals surface area contributed by atoms with E-state index in [0.29, 0.717) is 60.5 Å². The van der Waals surface area contributed by atoms with Crippen molar-refractivity contribution in [3.63, 3.8) is 0 Å². The molecule has 5 aliphatic rings. The lowest BCUT2D eigenvalue weighted by Crippen LogP contribution is -2.48. The summed E-state index contributed by atoms with van der Waals surface area (Å²) in [6, 6.07) is -0.822. The van der Waals surface area contributed by atoms with E-state index in [9.17, 15) is 22.8 Å². The maximum atomic E-state index is 14.9. The average molecular weight is 659 g/mol. The van der Waals surface area contributed by atoms with Gasteiger partial charge in [0, 0.05) is 67.9 Å². The zero-order chi connectivity index (χ0) is 34.6. The van der Waals surface area contributed by atoms with Crippen LogP contribution in [0.4, 0.5) is 18.0 Å². The quantitative estimate of drug-likeness (QED) is 0.280. The molecule has 5 rings (SSSR count). The smallest absolute Gasteiger partial charge is 0.368 e. The molecule has 1 saturated heterocycles. The summed E-state index contributed by atoms with van der Waals surface area (Å²) in [4.78, 5) is 35.2. The first kappa shape index (κ1) is 34.4. The van der Waals surface area contributed by atoms with Crippen LogP contribution in [0.5, 0.6) is 0 Å².